The number of benzene rings is 1. The van der Waals surface area contributed by atoms with Gasteiger partial charge in [0, 0.05) is 17.1 Å². The van der Waals surface area contributed by atoms with Gasteiger partial charge in [-0.1, -0.05) is 15.9 Å². The first kappa shape index (κ1) is 11.7. The Kier molecular flexibility index (Phi) is 2.80. The lowest BCUT2D eigenvalue weighted by molar-refractivity contribution is 0.333. The van der Waals surface area contributed by atoms with Crippen molar-refractivity contribution in [3.8, 4) is 0 Å². The van der Waals surface area contributed by atoms with Crippen LogP contribution in [0.5, 0.6) is 0 Å². The highest BCUT2D eigenvalue weighted by atomic mass is 79.9. The second-order valence-corrected chi connectivity index (χ2v) is 7.67. The number of rotatable bonds is 2. The minimum atomic E-state index is -3.27. The van der Waals surface area contributed by atoms with Crippen molar-refractivity contribution in [1.29, 1.82) is 0 Å². The van der Waals surface area contributed by atoms with Crippen LogP contribution in [0.1, 0.15) is 19.3 Å². The zero-order valence-corrected chi connectivity index (χ0v) is 11.7. The molecule has 5 heteroatoms. The molecule has 2 fully saturated rings. The van der Waals surface area contributed by atoms with E-state index in [0.29, 0.717) is 17.4 Å². The van der Waals surface area contributed by atoms with E-state index in [1.807, 2.05) is 0 Å². The van der Waals surface area contributed by atoms with Crippen molar-refractivity contribution in [2.24, 2.45) is 5.92 Å². The highest BCUT2D eigenvalue weighted by Gasteiger charge is 2.44. The monoisotopic (exact) mass is 315 g/mol. The maximum Gasteiger partial charge on any atom is 0.243 e. The van der Waals surface area contributed by atoms with Gasteiger partial charge in [0.25, 0.3) is 0 Å². The SMILES string of the molecule is O=S(=O)(c1ccc(Br)cc1)N1CC2CCC1C2. The minimum Gasteiger partial charge on any atom is -0.207 e. The zero-order chi connectivity index (χ0) is 12.0. The normalized spacial score (nSPS) is 28.8. The average Bonchev–Trinajstić information content (AvgIpc) is 2.91. The fraction of sp³-hybridized carbons (Fsp3) is 0.500. The van der Waals surface area contributed by atoms with Crippen molar-refractivity contribution in [3.63, 3.8) is 0 Å². The minimum absolute atomic E-state index is 0.244. The van der Waals surface area contributed by atoms with Crippen molar-refractivity contribution in [2.45, 2.75) is 30.2 Å². The zero-order valence-electron chi connectivity index (χ0n) is 9.34. The Bertz CT molecular complexity index is 526. The van der Waals surface area contributed by atoms with E-state index in [2.05, 4.69) is 15.9 Å². The molecular weight excluding hydrogens is 302 g/mol. The van der Waals surface area contributed by atoms with Crippen molar-refractivity contribution in [1.82, 2.24) is 4.31 Å². The van der Waals surface area contributed by atoms with E-state index in [1.54, 1.807) is 28.6 Å². The van der Waals surface area contributed by atoms with Crippen LogP contribution in [0, 0.1) is 5.92 Å². The van der Waals surface area contributed by atoms with E-state index in [4.69, 9.17) is 0 Å². The molecule has 17 heavy (non-hydrogen) atoms. The first-order valence-electron chi connectivity index (χ1n) is 5.85. The number of hydrogen-bond donors (Lipinski definition) is 0. The van der Waals surface area contributed by atoms with Gasteiger partial charge in [-0.25, -0.2) is 8.42 Å². The van der Waals surface area contributed by atoms with Gasteiger partial charge in [0.15, 0.2) is 0 Å². The Labute approximate surface area is 110 Å². The average molecular weight is 316 g/mol. The largest absolute Gasteiger partial charge is 0.243 e. The summed E-state index contributed by atoms with van der Waals surface area (Å²) in [5.41, 5.74) is 0. The summed E-state index contributed by atoms with van der Waals surface area (Å²) in [7, 11) is -3.27. The molecule has 1 heterocycles. The molecule has 0 aromatic heterocycles. The molecule has 1 aliphatic heterocycles. The van der Waals surface area contributed by atoms with Gasteiger partial charge in [-0.3, -0.25) is 0 Å². The second-order valence-electron chi connectivity index (χ2n) is 4.86. The maximum absolute atomic E-state index is 12.4. The van der Waals surface area contributed by atoms with E-state index in [-0.39, 0.29) is 6.04 Å². The van der Waals surface area contributed by atoms with E-state index >= 15 is 0 Å². The lowest BCUT2D eigenvalue weighted by Gasteiger charge is -2.26. The summed E-state index contributed by atoms with van der Waals surface area (Å²) in [6.45, 7) is 0.711. The number of halogens is 1. The predicted octanol–water partition coefficient (Wildman–Crippen LogP) is 2.62. The van der Waals surface area contributed by atoms with Gasteiger partial charge < -0.3 is 0 Å². The number of piperidine rings is 1. The highest BCUT2D eigenvalue weighted by molar-refractivity contribution is 9.10. The van der Waals surface area contributed by atoms with Gasteiger partial charge in [-0.15, -0.1) is 0 Å². The molecule has 0 N–H and O–H groups in total. The van der Waals surface area contributed by atoms with Crippen molar-refractivity contribution in [2.75, 3.05) is 6.54 Å². The van der Waals surface area contributed by atoms with Gasteiger partial charge in [-0.2, -0.15) is 4.31 Å². The van der Waals surface area contributed by atoms with Crippen LogP contribution in [0.4, 0.5) is 0 Å². The van der Waals surface area contributed by atoms with Crippen LogP contribution in [0.2, 0.25) is 0 Å². The van der Waals surface area contributed by atoms with Crippen molar-refractivity contribution >= 4 is 26.0 Å². The summed E-state index contributed by atoms with van der Waals surface area (Å²) < 4.78 is 27.5. The molecule has 0 amide bonds. The summed E-state index contributed by atoms with van der Waals surface area (Å²) >= 11 is 3.32. The van der Waals surface area contributed by atoms with Gasteiger partial charge in [-0.05, 0) is 49.4 Å². The van der Waals surface area contributed by atoms with E-state index in [9.17, 15) is 8.42 Å². The molecule has 2 unspecified atom stereocenters. The number of fused-ring (bicyclic) bond motifs is 2. The maximum atomic E-state index is 12.4. The fourth-order valence-electron chi connectivity index (χ4n) is 2.92. The molecule has 2 atom stereocenters. The molecule has 1 saturated heterocycles. The number of nitrogens with zero attached hydrogens (tertiary/aromatic N) is 1. The smallest absolute Gasteiger partial charge is 0.207 e. The molecule has 0 radical (unpaired) electrons. The third-order valence-electron chi connectivity index (χ3n) is 3.78. The molecule has 2 aliphatic rings. The number of hydrogen-bond acceptors (Lipinski definition) is 2. The number of sulfonamides is 1. The summed E-state index contributed by atoms with van der Waals surface area (Å²) in [5.74, 6) is 0.588. The summed E-state index contributed by atoms with van der Waals surface area (Å²) in [6.07, 6.45) is 3.27. The molecular formula is C12H14BrNO2S. The molecule has 92 valence electrons. The van der Waals surface area contributed by atoms with Crippen LogP contribution in [-0.2, 0) is 10.0 Å². The summed E-state index contributed by atoms with van der Waals surface area (Å²) in [4.78, 5) is 0.410. The molecule has 3 nitrogen and oxygen atoms in total. The molecule has 1 aliphatic carbocycles. The van der Waals surface area contributed by atoms with Crippen LogP contribution in [0.15, 0.2) is 33.6 Å². The third-order valence-corrected chi connectivity index (χ3v) is 6.24. The summed E-state index contributed by atoms with van der Waals surface area (Å²) in [5, 5.41) is 0. The Morgan fingerprint density at radius 2 is 1.88 bits per heavy atom. The molecule has 1 aromatic carbocycles. The van der Waals surface area contributed by atoms with Gasteiger partial charge in [0.05, 0.1) is 4.90 Å². The Hall–Kier alpha value is -0.390. The van der Waals surface area contributed by atoms with Crippen molar-refractivity contribution in [3.05, 3.63) is 28.7 Å². The van der Waals surface area contributed by atoms with Crippen LogP contribution in [0.3, 0.4) is 0 Å². The lowest BCUT2D eigenvalue weighted by atomic mass is 10.1. The predicted molar refractivity (Wildman–Crippen MR) is 69.2 cm³/mol. The quantitative estimate of drug-likeness (QED) is 0.841. The van der Waals surface area contributed by atoms with Crippen LogP contribution in [0.25, 0.3) is 0 Å². The topological polar surface area (TPSA) is 37.4 Å². The van der Waals surface area contributed by atoms with Crippen LogP contribution < -0.4 is 0 Å². The van der Waals surface area contributed by atoms with Crippen molar-refractivity contribution < 1.29 is 8.42 Å². The molecule has 1 aromatic rings. The second kappa shape index (κ2) is 4.07. The fourth-order valence-corrected chi connectivity index (χ4v) is 4.92. The lowest BCUT2D eigenvalue weighted by Crippen LogP contribution is -2.37. The summed E-state index contributed by atoms with van der Waals surface area (Å²) in [6, 6.07) is 7.15. The molecule has 0 spiro atoms. The highest BCUT2D eigenvalue weighted by Crippen LogP contribution is 2.40. The molecule has 2 bridgehead atoms. The van der Waals surface area contributed by atoms with Crippen LogP contribution >= 0.6 is 15.9 Å². The van der Waals surface area contributed by atoms with Gasteiger partial charge in [0.2, 0.25) is 10.0 Å². The standard InChI is InChI=1S/C12H14BrNO2S/c13-10-2-5-12(6-3-10)17(15,16)14-8-9-1-4-11(14)7-9/h2-3,5-6,9,11H,1,4,7-8H2. The van der Waals surface area contributed by atoms with E-state index in [0.717, 1.165) is 17.3 Å². The van der Waals surface area contributed by atoms with Crippen LogP contribution in [-0.4, -0.2) is 25.3 Å². The van der Waals surface area contributed by atoms with Gasteiger partial charge >= 0.3 is 0 Å². The molecule has 1 saturated carbocycles. The van der Waals surface area contributed by atoms with E-state index in [1.165, 1.54) is 6.42 Å². The third kappa shape index (κ3) is 1.94. The first-order chi connectivity index (χ1) is 8.07. The van der Waals surface area contributed by atoms with Gasteiger partial charge in [0.1, 0.15) is 0 Å². The Morgan fingerprint density at radius 1 is 1.18 bits per heavy atom. The Balaban J connectivity index is 1.93. The van der Waals surface area contributed by atoms with E-state index < -0.39 is 10.0 Å². The molecule has 3 rings (SSSR count). The first-order valence-corrected chi connectivity index (χ1v) is 8.08. The Morgan fingerprint density at radius 3 is 2.41 bits per heavy atom.